The number of aromatic carboxylic acids is 1. The van der Waals surface area contributed by atoms with Gasteiger partial charge in [0.2, 0.25) is 5.91 Å². The number of rotatable bonds is 6. The van der Waals surface area contributed by atoms with E-state index in [9.17, 15) is 14.4 Å². The first-order valence-corrected chi connectivity index (χ1v) is 9.71. The SMILES string of the molecule is CC(C)(C)OC(=O)N[C@@H](Cc1ccc(Br)cc1)C(=O)Nc1ccc(C(=O)O)cc1. The summed E-state index contributed by atoms with van der Waals surface area (Å²) < 4.78 is 6.17. The average molecular weight is 463 g/mol. The molecule has 29 heavy (non-hydrogen) atoms. The van der Waals surface area contributed by atoms with E-state index in [0.29, 0.717) is 5.69 Å². The first-order valence-electron chi connectivity index (χ1n) is 8.92. The van der Waals surface area contributed by atoms with Crippen LogP contribution in [0.15, 0.2) is 53.0 Å². The van der Waals surface area contributed by atoms with Gasteiger partial charge in [0.1, 0.15) is 11.6 Å². The van der Waals surface area contributed by atoms with Crippen molar-refractivity contribution in [2.24, 2.45) is 0 Å². The van der Waals surface area contributed by atoms with Crippen LogP contribution in [0.4, 0.5) is 10.5 Å². The Morgan fingerprint density at radius 2 is 1.62 bits per heavy atom. The Morgan fingerprint density at radius 3 is 2.14 bits per heavy atom. The van der Waals surface area contributed by atoms with E-state index in [1.807, 2.05) is 24.3 Å². The third-order valence-corrected chi connectivity index (χ3v) is 4.29. The smallest absolute Gasteiger partial charge is 0.408 e. The van der Waals surface area contributed by atoms with Gasteiger partial charge in [-0.3, -0.25) is 4.79 Å². The number of amides is 2. The van der Waals surface area contributed by atoms with Gasteiger partial charge in [0.25, 0.3) is 0 Å². The summed E-state index contributed by atoms with van der Waals surface area (Å²) in [6.45, 7) is 5.21. The van der Waals surface area contributed by atoms with Crippen LogP contribution in [0.3, 0.4) is 0 Å². The zero-order valence-electron chi connectivity index (χ0n) is 16.4. The Balaban J connectivity index is 2.15. The van der Waals surface area contributed by atoms with Gasteiger partial charge in [-0.25, -0.2) is 9.59 Å². The summed E-state index contributed by atoms with van der Waals surface area (Å²) in [5, 5.41) is 14.3. The Labute approximate surface area is 177 Å². The molecule has 0 aliphatic heterocycles. The molecule has 154 valence electrons. The van der Waals surface area contributed by atoms with Gasteiger partial charge in [-0.05, 0) is 62.7 Å². The maximum atomic E-state index is 12.8. The molecule has 2 rings (SSSR count). The molecular formula is C21H23BrN2O5. The Bertz CT molecular complexity index is 873. The van der Waals surface area contributed by atoms with Crippen LogP contribution in [0.25, 0.3) is 0 Å². The predicted molar refractivity (Wildman–Crippen MR) is 113 cm³/mol. The molecule has 0 saturated carbocycles. The van der Waals surface area contributed by atoms with E-state index in [2.05, 4.69) is 26.6 Å². The molecule has 0 aromatic heterocycles. The number of carboxylic acids is 1. The summed E-state index contributed by atoms with van der Waals surface area (Å²) in [6.07, 6.45) is -0.443. The minimum Gasteiger partial charge on any atom is -0.478 e. The van der Waals surface area contributed by atoms with Crippen LogP contribution in [0.5, 0.6) is 0 Å². The van der Waals surface area contributed by atoms with E-state index in [4.69, 9.17) is 9.84 Å². The summed E-state index contributed by atoms with van der Waals surface area (Å²) in [5.74, 6) is -1.50. The lowest BCUT2D eigenvalue weighted by Gasteiger charge is -2.23. The monoisotopic (exact) mass is 462 g/mol. The van der Waals surface area contributed by atoms with Gasteiger partial charge in [0, 0.05) is 16.6 Å². The van der Waals surface area contributed by atoms with Crippen molar-refractivity contribution in [2.45, 2.75) is 38.8 Å². The number of nitrogens with one attached hydrogen (secondary N) is 2. The highest BCUT2D eigenvalue weighted by atomic mass is 79.9. The number of ether oxygens (including phenoxy) is 1. The van der Waals surface area contributed by atoms with Gasteiger partial charge in [0.05, 0.1) is 5.56 Å². The summed E-state index contributed by atoms with van der Waals surface area (Å²) in [6, 6.07) is 12.3. The first-order chi connectivity index (χ1) is 13.5. The zero-order chi connectivity index (χ0) is 21.6. The fourth-order valence-electron chi connectivity index (χ4n) is 2.44. The second-order valence-electron chi connectivity index (χ2n) is 7.40. The van der Waals surface area contributed by atoms with Crippen molar-refractivity contribution >= 4 is 39.6 Å². The maximum Gasteiger partial charge on any atom is 0.408 e. The van der Waals surface area contributed by atoms with Gasteiger partial charge in [-0.2, -0.15) is 0 Å². The molecule has 0 heterocycles. The van der Waals surface area contributed by atoms with E-state index >= 15 is 0 Å². The molecule has 0 aliphatic carbocycles. The number of benzene rings is 2. The highest BCUT2D eigenvalue weighted by Crippen LogP contribution is 2.15. The molecule has 0 radical (unpaired) electrons. The number of carbonyl (C=O) groups excluding carboxylic acids is 2. The van der Waals surface area contributed by atoms with E-state index in [0.717, 1.165) is 10.0 Å². The molecule has 2 aromatic carbocycles. The summed E-state index contributed by atoms with van der Waals surface area (Å²) >= 11 is 3.36. The van der Waals surface area contributed by atoms with Gasteiger partial charge in [-0.1, -0.05) is 28.1 Å². The molecule has 0 aliphatic rings. The van der Waals surface area contributed by atoms with Crippen LogP contribution in [0.2, 0.25) is 0 Å². The van der Waals surface area contributed by atoms with Crippen molar-refractivity contribution in [3.8, 4) is 0 Å². The number of carbonyl (C=O) groups is 3. The van der Waals surface area contributed by atoms with Crippen LogP contribution in [-0.2, 0) is 16.0 Å². The number of halogens is 1. The molecule has 3 N–H and O–H groups in total. The molecule has 8 heteroatoms. The highest BCUT2D eigenvalue weighted by molar-refractivity contribution is 9.10. The number of alkyl carbamates (subject to hydrolysis) is 1. The third kappa shape index (κ3) is 7.57. The molecule has 0 bridgehead atoms. The average Bonchev–Trinajstić information content (AvgIpc) is 2.62. The van der Waals surface area contributed by atoms with Crippen LogP contribution in [0, 0.1) is 0 Å². The molecule has 0 spiro atoms. The lowest BCUT2D eigenvalue weighted by molar-refractivity contribution is -0.118. The molecule has 0 fully saturated rings. The van der Waals surface area contributed by atoms with Gasteiger partial charge in [-0.15, -0.1) is 0 Å². The second kappa shape index (κ2) is 9.56. The molecule has 0 saturated heterocycles. The Hall–Kier alpha value is -2.87. The standard InChI is InChI=1S/C21H23BrN2O5/c1-21(2,3)29-20(28)24-17(12-13-4-8-15(22)9-5-13)18(25)23-16-10-6-14(7-11-16)19(26)27/h4-11,17H,12H2,1-3H3,(H,23,25)(H,24,28)(H,26,27)/t17-/m0/s1. The van der Waals surface area contributed by atoms with Gasteiger partial charge >= 0.3 is 12.1 Å². The van der Waals surface area contributed by atoms with Crippen molar-refractivity contribution in [1.82, 2.24) is 5.32 Å². The first kappa shape index (κ1) is 22.4. The number of hydrogen-bond acceptors (Lipinski definition) is 4. The number of hydrogen-bond donors (Lipinski definition) is 3. The maximum absolute atomic E-state index is 12.8. The second-order valence-corrected chi connectivity index (χ2v) is 8.32. The van der Waals surface area contributed by atoms with Crippen molar-refractivity contribution in [1.29, 1.82) is 0 Å². The van der Waals surface area contributed by atoms with Crippen LogP contribution >= 0.6 is 15.9 Å². The Morgan fingerprint density at radius 1 is 1.03 bits per heavy atom. The summed E-state index contributed by atoms with van der Waals surface area (Å²) in [5.41, 5.74) is 0.689. The molecule has 2 aromatic rings. The number of carboxylic acid groups (broad SMARTS) is 1. The zero-order valence-corrected chi connectivity index (χ0v) is 17.9. The van der Waals surface area contributed by atoms with Crippen LogP contribution < -0.4 is 10.6 Å². The van der Waals surface area contributed by atoms with Crippen molar-refractivity contribution in [2.75, 3.05) is 5.32 Å². The van der Waals surface area contributed by atoms with Gasteiger partial charge < -0.3 is 20.5 Å². The number of anilines is 1. The van der Waals surface area contributed by atoms with Crippen molar-refractivity contribution < 1.29 is 24.2 Å². The van der Waals surface area contributed by atoms with Crippen LogP contribution in [0.1, 0.15) is 36.7 Å². The Kier molecular flexibility index (Phi) is 7.39. The lowest BCUT2D eigenvalue weighted by Crippen LogP contribution is -2.47. The van der Waals surface area contributed by atoms with Crippen molar-refractivity contribution in [3.05, 3.63) is 64.1 Å². The quantitative estimate of drug-likeness (QED) is 0.595. The predicted octanol–water partition coefficient (Wildman–Crippen LogP) is 4.22. The van der Waals surface area contributed by atoms with Crippen LogP contribution in [-0.4, -0.2) is 34.7 Å². The molecule has 0 unspecified atom stereocenters. The topological polar surface area (TPSA) is 105 Å². The minimum absolute atomic E-state index is 0.112. The minimum atomic E-state index is -1.05. The van der Waals surface area contributed by atoms with E-state index in [1.165, 1.54) is 24.3 Å². The largest absolute Gasteiger partial charge is 0.478 e. The fourth-order valence-corrected chi connectivity index (χ4v) is 2.71. The van der Waals surface area contributed by atoms with E-state index in [-0.39, 0.29) is 12.0 Å². The normalized spacial score (nSPS) is 12.0. The molecular weight excluding hydrogens is 440 g/mol. The van der Waals surface area contributed by atoms with Crippen molar-refractivity contribution in [3.63, 3.8) is 0 Å². The van der Waals surface area contributed by atoms with E-state index < -0.39 is 29.6 Å². The summed E-state index contributed by atoms with van der Waals surface area (Å²) in [4.78, 5) is 36.0. The molecule has 2 amide bonds. The molecule has 1 atom stereocenters. The third-order valence-electron chi connectivity index (χ3n) is 3.76. The van der Waals surface area contributed by atoms with Gasteiger partial charge in [0.15, 0.2) is 0 Å². The molecule has 7 nitrogen and oxygen atoms in total. The van der Waals surface area contributed by atoms with E-state index in [1.54, 1.807) is 20.8 Å². The highest BCUT2D eigenvalue weighted by Gasteiger charge is 2.25. The lowest BCUT2D eigenvalue weighted by atomic mass is 10.1. The fraction of sp³-hybridized carbons (Fsp3) is 0.286. The summed E-state index contributed by atoms with van der Waals surface area (Å²) in [7, 11) is 0.